The first-order chi connectivity index (χ1) is 18.5. The summed E-state index contributed by atoms with van der Waals surface area (Å²) in [6.07, 6.45) is 0. The molecule has 3 aromatic carbocycles. The summed E-state index contributed by atoms with van der Waals surface area (Å²) in [4.78, 5) is 35.4. The third-order valence-electron chi connectivity index (χ3n) is 6.92. The number of para-hydroxylation sites is 1. The van der Waals surface area contributed by atoms with Crippen molar-refractivity contribution in [3.63, 3.8) is 0 Å². The van der Waals surface area contributed by atoms with Crippen LogP contribution in [0.15, 0.2) is 77.6 Å². The van der Waals surface area contributed by atoms with Gasteiger partial charge in [0.2, 0.25) is 5.91 Å². The molecular formula is C28H25FN6O3. The summed E-state index contributed by atoms with van der Waals surface area (Å²) in [5.41, 5.74) is 2.30. The van der Waals surface area contributed by atoms with Crippen molar-refractivity contribution in [3.05, 3.63) is 89.1 Å². The quantitative estimate of drug-likeness (QED) is 0.360. The maximum atomic E-state index is 13.6. The summed E-state index contributed by atoms with van der Waals surface area (Å²) in [7, 11) is 1.60. The van der Waals surface area contributed by atoms with E-state index in [4.69, 9.17) is 4.74 Å². The molecule has 0 bridgehead atoms. The number of benzene rings is 3. The van der Waals surface area contributed by atoms with Gasteiger partial charge in [0.25, 0.3) is 0 Å². The number of methoxy groups -OCH3 is 1. The lowest BCUT2D eigenvalue weighted by Gasteiger charge is -2.36. The van der Waals surface area contributed by atoms with Gasteiger partial charge >= 0.3 is 5.69 Å². The van der Waals surface area contributed by atoms with Gasteiger partial charge in [-0.05, 0) is 60.7 Å². The average Bonchev–Trinajstić information content (AvgIpc) is 3.42. The van der Waals surface area contributed by atoms with Crippen molar-refractivity contribution in [2.75, 3.05) is 38.2 Å². The molecule has 6 rings (SSSR count). The number of amides is 1. The van der Waals surface area contributed by atoms with E-state index in [9.17, 15) is 14.0 Å². The van der Waals surface area contributed by atoms with Gasteiger partial charge in [-0.3, -0.25) is 9.36 Å². The Hall–Kier alpha value is -4.73. The average molecular weight is 513 g/mol. The minimum Gasteiger partial charge on any atom is -0.497 e. The molecule has 1 fully saturated rings. The molecule has 10 heteroatoms. The van der Waals surface area contributed by atoms with Crippen LogP contribution < -0.4 is 15.3 Å². The summed E-state index contributed by atoms with van der Waals surface area (Å²) < 4.78 is 21.2. The van der Waals surface area contributed by atoms with Crippen molar-refractivity contribution >= 4 is 28.1 Å². The minimum absolute atomic E-state index is 0.108. The number of hydrogen-bond donors (Lipinski definition) is 0. The number of ether oxygens (including phenoxy) is 1. The number of rotatable bonds is 5. The lowest BCUT2D eigenvalue weighted by molar-refractivity contribution is -0.132. The van der Waals surface area contributed by atoms with Gasteiger partial charge in [-0.2, -0.15) is 4.52 Å². The molecule has 0 saturated carbocycles. The van der Waals surface area contributed by atoms with Gasteiger partial charge in [-0.1, -0.05) is 12.1 Å². The molecule has 0 radical (unpaired) electrons. The summed E-state index contributed by atoms with van der Waals surface area (Å²) in [5, 5.41) is 5.22. The molecule has 0 N–H and O–H groups in total. The zero-order valence-electron chi connectivity index (χ0n) is 20.7. The first-order valence-electron chi connectivity index (χ1n) is 12.3. The Morgan fingerprint density at radius 2 is 1.66 bits per heavy atom. The number of fused-ring (bicyclic) bond motifs is 3. The maximum absolute atomic E-state index is 13.6. The predicted molar refractivity (Wildman–Crippen MR) is 142 cm³/mol. The summed E-state index contributed by atoms with van der Waals surface area (Å²) in [6.45, 7) is 2.16. The number of aromatic nitrogens is 4. The summed E-state index contributed by atoms with van der Waals surface area (Å²) in [5.74, 6) is 0.699. The molecule has 0 unspecified atom stereocenters. The SMILES string of the molecule is COc1ccc(-c2nc3c4ccccc4n(CC(=O)N4CCN(c5ccc(F)cc5)CC4)c(=O)n3n2)cc1. The van der Waals surface area contributed by atoms with Crippen molar-refractivity contribution in [3.8, 4) is 17.1 Å². The molecule has 5 aromatic rings. The van der Waals surface area contributed by atoms with Gasteiger partial charge in [-0.25, -0.2) is 14.2 Å². The number of anilines is 1. The Balaban J connectivity index is 1.29. The highest BCUT2D eigenvalue weighted by molar-refractivity contribution is 5.92. The highest BCUT2D eigenvalue weighted by Gasteiger charge is 2.24. The zero-order chi connectivity index (χ0) is 26.2. The van der Waals surface area contributed by atoms with Gasteiger partial charge in [-0.15, -0.1) is 5.10 Å². The molecule has 3 heterocycles. The normalized spacial score (nSPS) is 13.8. The predicted octanol–water partition coefficient (Wildman–Crippen LogP) is 3.21. The van der Waals surface area contributed by atoms with E-state index in [2.05, 4.69) is 15.0 Å². The van der Waals surface area contributed by atoms with Gasteiger partial charge in [0.05, 0.1) is 12.6 Å². The number of piperazine rings is 1. The highest BCUT2D eigenvalue weighted by Crippen LogP contribution is 2.23. The molecule has 1 amide bonds. The van der Waals surface area contributed by atoms with Crippen LogP contribution in [0.1, 0.15) is 0 Å². The standard InChI is InChI=1S/C28H25FN6O3/c1-38-22-12-6-19(7-13-22)26-30-27-23-4-2-3-5-24(23)34(28(37)35(27)31-26)18-25(36)33-16-14-32(15-17-33)21-10-8-20(29)9-11-21/h2-13H,14-18H2,1H3. The fourth-order valence-electron chi connectivity index (χ4n) is 4.85. The van der Waals surface area contributed by atoms with Gasteiger partial charge in [0, 0.05) is 42.8 Å². The van der Waals surface area contributed by atoms with E-state index in [0.717, 1.165) is 16.6 Å². The molecular weight excluding hydrogens is 487 g/mol. The Bertz CT molecular complexity index is 1690. The van der Waals surface area contributed by atoms with Gasteiger partial charge in [0.1, 0.15) is 18.1 Å². The molecule has 192 valence electrons. The molecule has 0 spiro atoms. The summed E-state index contributed by atoms with van der Waals surface area (Å²) in [6, 6.07) is 21.0. The van der Waals surface area contributed by atoms with E-state index in [-0.39, 0.29) is 18.3 Å². The smallest absolute Gasteiger partial charge is 0.351 e. The zero-order valence-corrected chi connectivity index (χ0v) is 20.7. The van der Waals surface area contributed by atoms with E-state index in [0.29, 0.717) is 48.9 Å². The third-order valence-corrected chi connectivity index (χ3v) is 6.92. The largest absolute Gasteiger partial charge is 0.497 e. The van der Waals surface area contributed by atoms with Crippen molar-refractivity contribution in [2.24, 2.45) is 0 Å². The second-order valence-electron chi connectivity index (χ2n) is 9.13. The van der Waals surface area contributed by atoms with E-state index in [1.54, 1.807) is 24.1 Å². The molecule has 38 heavy (non-hydrogen) atoms. The lowest BCUT2D eigenvalue weighted by Crippen LogP contribution is -2.50. The molecule has 1 saturated heterocycles. The minimum atomic E-state index is -0.427. The van der Waals surface area contributed by atoms with Gasteiger partial charge in [0.15, 0.2) is 11.5 Å². The number of carbonyl (C=O) groups excluding carboxylic acids is 1. The number of hydrogen-bond acceptors (Lipinski definition) is 6. The van der Waals surface area contributed by atoms with Crippen LogP contribution in [0.25, 0.3) is 27.9 Å². The summed E-state index contributed by atoms with van der Waals surface area (Å²) >= 11 is 0. The van der Waals surface area contributed by atoms with Crippen LogP contribution in [0.2, 0.25) is 0 Å². The first kappa shape index (κ1) is 23.7. The number of nitrogens with zero attached hydrogens (tertiary/aromatic N) is 6. The second-order valence-corrected chi connectivity index (χ2v) is 9.13. The number of carbonyl (C=O) groups is 1. The van der Waals surface area contributed by atoms with Crippen LogP contribution in [-0.4, -0.2) is 63.3 Å². The van der Waals surface area contributed by atoms with Crippen molar-refractivity contribution < 1.29 is 13.9 Å². The fraction of sp³-hybridized carbons (Fsp3) is 0.214. The Morgan fingerprint density at radius 3 is 2.37 bits per heavy atom. The van der Waals surface area contributed by atoms with E-state index in [1.165, 1.54) is 21.2 Å². The Labute approximate surface area is 217 Å². The first-order valence-corrected chi connectivity index (χ1v) is 12.3. The second kappa shape index (κ2) is 9.62. The lowest BCUT2D eigenvalue weighted by atomic mass is 10.2. The van der Waals surface area contributed by atoms with Crippen molar-refractivity contribution in [1.29, 1.82) is 0 Å². The monoisotopic (exact) mass is 512 g/mol. The fourth-order valence-corrected chi connectivity index (χ4v) is 4.85. The van der Waals surface area contributed by atoms with Crippen LogP contribution in [0.3, 0.4) is 0 Å². The topological polar surface area (TPSA) is 85.0 Å². The van der Waals surface area contributed by atoms with Crippen molar-refractivity contribution in [2.45, 2.75) is 6.54 Å². The van der Waals surface area contributed by atoms with Gasteiger partial charge < -0.3 is 14.5 Å². The van der Waals surface area contributed by atoms with E-state index < -0.39 is 5.69 Å². The molecule has 2 aromatic heterocycles. The Morgan fingerprint density at radius 1 is 0.947 bits per heavy atom. The number of halogens is 1. The molecule has 1 aliphatic rings. The van der Waals surface area contributed by atoms with Crippen LogP contribution in [-0.2, 0) is 11.3 Å². The molecule has 1 aliphatic heterocycles. The third kappa shape index (κ3) is 4.23. The Kier molecular flexibility index (Phi) is 5.99. The molecule has 9 nitrogen and oxygen atoms in total. The van der Waals surface area contributed by atoms with E-state index in [1.807, 2.05) is 48.5 Å². The highest BCUT2D eigenvalue weighted by atomic mass is 19.1. The van der Waals surface area contributed by atoms with Crippen LogP contribution in [0, 0.1) is 5.82 Å². The van der Waals surface area contributed by atoms with Crippen molar-refractivity contribution in [1.82, 2.24) is 24.1 Å². The van der Waals surface area contributed by atoms with Crippen LogP contribution in [0.4, 0.5) is 10.1 Å². The van der Waals surface area contributed by atoms with E-state index >= 15 is 0 Å². The van der Waals surface area contributed by atoms with Crippen LogP contribution in [0.5, 0.6) is 5.75 Å². The molecule has 0 atom stereocenters. The van der Waals surface area contributed by atoms with Crippen LogP contribution >= 0.6 is 0 Å². The maximum Gasteiger partial charge on any atom is 0.351 e. The molecule has 0 aliphatic carbocycles.